The largest absolute Gasteiger partial charge is 0.423 e. The molecule has 4 aliphatic carbocycles. The molecule has 0 spiro atoms. The van der Waals surface area contributed by atoms with E-state index in [1.54, 1.807) is 12.1 Å². The van der Waals surface area contributed by atoms with Gasteiger partial charge in [0.15, 0.2) is 5.78 Å². The van der Waals surface area contributed by atoms with Gasteiger partial charge >= 0.3 is 5.97 Å². The van der Waals surface area contributed by atoms with Crippen molar-refractivity contribution in [2.75, 3.05) is 6.54 Å². The molecule has 1 saturated heterocycles. The standard InChI is InChI=1S/C33H24ClN3O8/c34-26-4-2-1-3-23(26)30(39)35(36-31(40)28-21-13-14-22(25-15-24(21)25)29(28)32(36)41)16-27(38)17-7-11-20(12-8-17)45-33(42)18-5-9-19(10-6-18)37(43)44/h1-14,21-22,24-25,28-29H,15-16H2/t21-,22-,24-,25+,28+,29+/m0/s1. The molecule has 8 rings (SSSR count). The Balaban J connectivity index is 1.12. The normalized spacial score (nSPS) is 25.4. The predicted molar refractivity (Wildman–Crippen MR) is 158 cm³/mol. The molecule has 1 aliphatic heterocycles. The van der Waals surface area contributed by atoms with E-state index >= 15 is 0 Å². The number of non-ortho nitro benzene ring substituents is 1. The number of esters is 1. The van der Waals surface area contributed by atoms with Crippen LogP contribution in [0.5, 0.6) is 5.75 Å². The second-order valence-corrected chi connectivity index (χ2v) is 12.0. The molecule has 1 heterocycles. The van der Waals surface area contributed by atoms with Crippen molar-refractivity contribution < 1.29 is 33.6 Å². The molecule has 3 aromatic carbocycles. The van der Waals surface area contributed by atoms with Gasteiger partial charge in [0, 0.05) is 17.7 Å². The van der Waals surface area contributed by atoms with Gasteiger partial charge in [-0.15, -0.1) is 0 Å². The molecule has 0 unspecified atom stereocenters. The summed E-state index contributed by atoms with van der Waals surface area (Å²) in [7, 11) is 0. The Kier molecular flexibility index (Phi) is 6.85. The topological polar surface area (TPSA) is 144 Å². The Labute approximate surface area is 261 Å². The minimum absolute atomic E-state index is 0.0416. The van der Waals surface area contributed by atoms with E-state index in [-0.39, 0.29) is 45.0 Å². The third kappa shape index (κ3) is 4.80. The minimum Gasteiger partial charge on any atom is -0.423 e. The zero-order valence-corrected chi connectivity index (χ0v) is 24.2. The van der Waals surface area contributed by atoms with Gasteiger partial charge in [-0.1, -0.05) is 35.9 Å². The minimum atomic E-state index is -0.756. The number of rotatable bonds is 8. The maximum absolute atomic E-state index is 13.9. The Morgan fingerprint density at radius 2 is 1.44 bits per heavy atom. The average molecular weight is 626 g/mol. The number of carbonyl (C=O) groups excluding carboxylic acids is 5. The highest BCUT2D eigenvalue weighted by Crippen LogP contribution is 2.65. The van der Waals surface area contributed by atoms with Crippen LogP contribution in [0.25, 0.3) is 0 Å². The van der Waals surface area contributed by atoms with Crippen LogP contribution < -0.4 is 4.74 Å². The molecule has 2 saturated carbocycles. The Bertz CT molecular complexity index is 1790. The third-order valence-corrected chi connectivity index (χ3v) is 9.54. The lowest BCUT2D eigenvalue weighted by atomic mass is 9.63. The summed E-state index contributed by atoms with van der Waals surface area (Å²) >= 11 is 6.32. The average Bonchev–Trinajstić information content (AvgIpc) is 3.83. The molecule has 12 heteroatoms. The van der Waals surface area contributed by atoms with E-state index in [2.05, 4.69) is 0 Å². The first-order valence-electron chi connectivity index (χ1n) is 14.4. The lowest BCUT2D eigenvalue weighted by Crippen LogP contribution is -2.52. The van der Waals surface area contributed by atoms with E-state index < -0.39 is 52.8 Å². The first-order valence-corrected chi connectivity index (χ1v) is 14.7. The fourth-order valence-corrected chi connectivity index (χ4v) is 7.22. The molecule has 3 aromatic rings. The highest BCUT2D eigenvalue weighted by Gasteiger charge is 2.68. The second kappa shape index (κ2) is 10.8. The molecule has 11 nitrogen and oxygen atoms in total. The number of halogens is 1. The number of carbonyl (C=O) groups is 5. The molecule has 0 aromatic heterocycles. The highest BCUT2D eigenvalue weighted by atomic mass is 35.5. The highest BCUT2D eigenvalue weighted by molar-refractivity contribution is 6.34. The predicted octanol–water partition coefficient (Wildman–Crippen LogP) is 4.76. The van der Waals surface area contributed by atoms with Crippen LogP contribution in [0.2, 0.25) is 5.02 Å². The summed E-state index contributed by atoms with van der Waals surface area (Å²) < 4.78 is 5.32. The SMILES string of the molecule is O=C(CN(C(=O)c1ccccc1Cl)N1C(=O)[C@@H]2[C@H]3C=C[C@@H]([C@@H]4C[C@H]34)[C@H]2C1=O)c1ccc(OC(=O)c2ccc([N+](=O)[O-])cc2)cc1. The maximum atomic E-state index is 13.9. The van der Waals surface area contributed by atoms with Gasteiger partial charge in [-0.25, -0.2) is 9.80 Å². The van der Waals surface area contributed by atoms with Crippen molar-refractivity contribution in [1.29, 1.82) is 0 Å². The molecule has 5 aliphatic rings. The number of nitro benzene ring substituents is 1. The first kappa shape index (κ1) is 28.6. The van der Waals surface area contributed by atoms with Crippen molar-refractivity contribution in [2.24, 2.45) is 35.5 Å². The lowest BCUT2D eigenvalue weighted by molar-refractivity contribution is -0.384. The number of hydrogen-bond acceptors (Lipinski definition) is 8. The van der Waals surface area contributed by atoms with Crippen molar-refractivity contribution in [3.05, 3.63) is 117 Å². The van der Waals surface area contributed by atoms with Crippen LogP contribution in [0.3, 0.4) is 0 Å². The van der Waals surface area contributed by atoms with Gasteiger partial charge in [-0.2, -0.15) is 5.01 Å². The van der Waals surface area contributed by atoms with Gasteiger partial charge in [0.25, 0.3) is 23.4 Å². The number of hydrogen-bond donors (Lipinski definition) is 0. The summed E-state index contributed by atoms with van der Waals surface area (Å²) in [6, 6.07) is 16.7. The van der Waals surface area contributed by atoms with Crippen molar-refractivity contribution in [1.82, 2.24) is 10.0 Å². The van der Waals surface area contributed by atoms with Crippen LogP contribution in [-0.2, 0) is 9.59 Å². The van der Waals surface area contributed by atoms with Crippen molar-refractivity contribution >= 4 is 46.8 Å². The Morgan fingerprint density at radius 1 is 0.867 bits per heavy atom. The number of hydrazine groups is 1. The molecule has 0 N–H and O–H groups in total. The summed E-state index contributed by atoms with van der Waals surface area (Å²) in [5, 5.41) is 12.7. The van der Waals surface area contributed by atoms with Crippen LogP contribution in [0, 0.1) is 45.6 Å². The number of ether oxygens (including phenoxy) is 1. The van der Waals surface area contributed by atoms with E-state index in [1.165, 1.54) is 60.7 Å². The van der Waals surface area contributed by atoms with Crippen LogP contribution in [0.15, 0.2) is 84.9 Å². The number of ketones is 1. The number of nitro groups is 1. The molecule has 3 amide bonds. The second-order valence-electron chi connectivity index (χ2n) is 11.6. The van der Waals surface area contributed by atoms with Gasteiger partial charge in [0.1, 0.15) is 12.3 Å². The third-order valence-electron chi connectivity index (χ3n) is 9.21. The van der Waals surface area contributed by atoms with Crippen LogP contribution in [0.4, 0.5) is 5.69 Å². The van der Waals surface area contributed by atoms with E-state index in [0.717, 1.165) is 16.4 Å². The summed E-state index contributed by atoms with van der Waals surface area (Å²) in [6.07, 6.45) is 5.03. The lowest BCUT2D eigenvalue weighted by Gasteiger charge is -2.37. The zero-order valence-electron chi connectivity index (χ0n) is 23.4. The monoisotopic (exact) mass is 625 g/mol. The number of allylic oxidation sites excluding steroid dienone is 2. The summed E-state index contributed by atoms with van der Waals surface area (Å²) in [6.45, 7) is -0.613. The van der Waals surface area contributed by atoms with Gasteiger partial charge < -0.3 is 4.74 Å². The maximum Gasteiger partial charge on any atom is 0.343 e. The molecule has 6 atom stereocenters. The molecule has 3 fully saturated rings. The van der Waals surface area contributed by atoms with Gasteiger partial charge in [0.05, 0.1) is 32.9 Å². The summed E-state index contributed by atoms with van der Waals surface area (Å²) in [5.74, 6) is -3.51. The number of amides is 3. The first-order chi connectivity index (χ1) is 21.6. The molecule has 2 bridgehead atoms. The fourth-order valence-electron chi connectivity index (χ4n) is 7.01. The van der Waals surface area contributed by atoms with E-state index in [4.69, 9.17) is 16.3 Å². The fraction of sp³-hybridized carbons (Fsp3) is 0.242. The van der Waals surface area contributed by atoms with Crippen molar-refractivity contribution in [2.45, 2.75) is 6.42 Å². The molecule has 226 valence electrons. The van der Waals surface area contributed by atoms with Crippen LogP contribution >= 0.6 is 11.6 Å². The van der Waals surface area contributed by atoms with E-state index in [1.807, 2.05) is 12.2 Å². The Hall–Kier alpha value is -5.16. The van der Waals surface area contributed by atoms with Crippen molar-refractivity contribution in [3.63, 3.8) is 0 Å². The van der Waals surface area contributed by atoms with E-state index in [0.29, 0.717) is 11.8 Å². The molecular weight excluding hydrogens is 602 g/mol. The van der Waals surface area contributed by atoms with Crippen LogP contribution in [-0.4, -0.2) is 51.0 Å². The van der Waals surface area contributed by atoms with Gasteiger partial charge in [-0.05, 0) is 78.6 Å². The Morgan fingerprint density at radius 3 is 2.02 bits per heavy atom. The quantitative estimate of drug-likeness (QED) is 0.0663. The van der Waals surface area contributed by atoms with Crippen LogP contribution in [0.1, 0.15) is 37.5 Å². The molecule has 45 heavy (non-hydrogen) atoms. The molecule has 0 radical (unpaired) electrons. The molecular formula is C33H24ClN3O8. The van der Waals surface area contributed by atoms with Gasteiger partial charge in [-0.3, -0.25) is 29.3 Å². The number of nitrogens with zero attached hydrogens (tertiary/aromatic N) is 3. The number of Topliss-reactive ketones (excluding diaryl/α,β-unsaturated/α-hetero) is 1. The zero-order chi connectivity index (χ0) is 31.6. The number of benzene rings is 3. The smallest absolute Gasteiger partial charge is 0.343 e. The van der Waals surface area contributed by atoms with Gasteiger partial charge in [0.2, 0.25) is 0 Å². The van der Waals surface area contributed by atoms with E-state index in [9.17, 15) is 34.1 Å². The number of imide groups is 1. The van der Waals surface area contributed by atoms with Crippen molar-refractivity contribution in [3.8, 4) is 5.75 Å². The summed E-state index contributed by atoms with van der Waals surface area (Å²) in [5.41, 5.74) is 0.102. The summed E-state index contributed by atoms with van der Waals surface area (Å²) in [4.78, 5) is 77.9.